The molecule has 0 atom stereocenters. The lowest BCUT2D eigenvalue weighted by atomic mass is 10.0. The van der Waals surface area contributed by atoms with Gasteiger partial charge in [0.05, 0.1) is 25.3 Å². The van der Waals surface area contributed by atoms with E-state index >= 15 is 0 Å². The molecule has 0 aliphatic carbocycles. The lowest BCUT2D eigenvalue weighted by molar-refractivity contribution is 0.102. The van der Waals surface area contributed by atoms with Gasteiger partial charge in [-0.25, -0.2) is 0 Å². The van der Waals surface area contributed by atoms with E-state index in [1.54, 1.807) is 37.4 Å². The van der Waals surface area contributed by atoms with Gasteiger partial charge in [-0.15, -0.1) is 0 Å². The molecular weight excluding hydrogens is 344 g/mol. The van der Waals surface area contributed by atoms with Gasteiger partial charge in [-0.2, -0.15) is 0 Å². The van der Waals surface area contributed by atoms with Gasteiger partial charge in [-0.05, 0) is 36.2 Å². The maximum Gasteiger partial charge on any atom is 0.259 e. The highest BCUT2D eigenvalue weighted by Gasteiger charge is 2.14. The first-order chi connectivity index (χ1) is 13.0. The van der Waals surface area contributed by atoms with Crippen LogP contribution >= 0.6 is 0 Å². The number of benzene rings is 2. The van der Waals surface area contributed by atoms with Crippen LogP contribution in [0.15, 0.2) is 47.3 Å². The largest absolute Gasteiger partial charge is 0.497 e. The van der Waals surface area contributed by atoms with Crippen molar-refractivity contribution >= 4 is 22.5 Å². The van der Waals surface area contributed by atoms with E-state index in [1.165, 1.54) is 7.11 Å². The molecule has 0 aliphatic rings. The quantitative estimate of drug-likeness (QED) is 0.696. The minimum absolute atomic E-state index is 0.147. The monoisotopic (exact) mass is 366 g/mol. The van der Waals surface area contributed by atoms with E-state index in [9.17, 15) is 9.59 Å². The summed E-state index contributed by atoms with van der Waals surface area (Å²) in [5, 5.41) is 3.83. The third kappa shape index (κ3) is 3.95. The molecule has 140 valence electrons. The number of hydrogen-bond donors (Lipinski definition) is 2. The molecule has 27 heavy (non-hydrogen) atoms. The van der Waals surface area contributed by atoms with Crippen LogP contribution in [0.1, 0.15) is 29.3 Å². The summed E-state index contributed by atoms with van der Waals surface area (Å²) in [5.74, 6) is 0.724. The highest BCUT2D eigenvalue weighted by Crippen LogP contribution is 2.26. The number of aromatic nitrogens is 1. The maximum absolute atomic E-state index is 12.7. The molecule has 2 N–H and O–H groups in total. The maximum atomic E-state index is 12.7. The number of carbonyl (C=O) groups excluding carboxylic acids is 1. The molecule has 0 fully saturated rings. The summed E-state index contributed by atoms with van der Waals surface area (Å²) in [6.45, 7) is 2.07. The zero-order valence-electron chi connectivity index (χ0n) is 15.6. The van der Waals surface area contributed by atoms with Gasteiger partial charge in [0.15, 0.2) is 0 Å². The molecule has 6 nitrogen and oxygen atoms in total. The van der Waals surface area contributed by atoms with Crippen molar-refractivity contribution < 1.29 is 14.3 Å². The van der Waals surface area contributed by atoms with Gasteiger partial charge in [0.25, 0.3) is 5.91 Å². The van der Waals surface area contributed by atoms with Crippen LogP contribution in [0.2, 0.25) is 0 Å². The first-order valence-electron chi connectivity index (χ1n) is 8.75. The number of methoxy groups -OCH3 is 2. The van der Waals surface area contributed by atoms with Crippen molar-refractivity contribution in [2.45, 2.75) is 19.8 Å². The standard InChI is InChI=1S/C21H22N2O4/c1-4-5-13-10-20(24)23-18-11-14(6-8-16(13)18)22-21(25)17-9-7-15(26-2)12-19(17)27-3/h6-12H,4-5H2,1-3H3,(H,22,25)(H,23,24). The molecule has 3 aromatic rings. The minimum Gasteiger partial charge on any atom is -0.497 e. The summed E-state index contributed by atoms with van der Waals surface area (Å²) in [6.07, 6.45) is 1.78. The molecule has 0 spiro atoms. The smallest absolute Gasteiger partial charge is 0.259 e. The predicted octanol–water partition coefficient (Wildman–Crippen LogP) is 3.75. The molecule has 0 saturated heterocycles. The van der Waals surface area contributed by atoms with Gasteiger partial charge in [-0.3, -0.25) is 9.59 Å². The summed E-state index contributed by atoms with van der Waals surface area (Å²) >= 11 is 0. The topological polar surface area (TPSA) is 80.4 Å². The highest BCUT2D eigenvalue weighted by molar-refractivity contribution is 6.07. The number of aromatic amines is 1. The number of aryl methyl sites for hydroxylation is 1. The van der Waals surface area contributed by atoms with Crippen molar-refractivity contribution in [3.8, 4) is 11.5 Å². The number of carbonyl (C=O) groups is 1. The summed E-state index contributed by atoms with van der Waals surface area (Å²) in [5.41, 5.74) is 2.55. The minimum atomic E-state index is -0.305. The second-order valence-electron chi connectivity index (χ2n) is 6.19. The summed E-state index contributed by atoms with van der Waals surface area (Å²) < 4.78 is 10.4. The van der Waals surface area contributed by atoms with Crippen LogP contribution in [0.3, 0.4) is 0 Å². The number of hydrogen-bond acceptors (Lipinski definition) is 4. The number of pyridine rings is 1. The molecule has 1 amide bonds. The van der Waals surface area contributed by atoms with Gasteiger partial charge in [0, 0.05) is 23.2 Å². The molecule has 1 heterocycles. The summed E-state index contributed by atoms with van der Waals surface area (Å²) in [4.78, 5) is 27.4. The average molecular weight is 366 g/mol. The highest BCUT2D eigenvalue weighted by atomic mass is 16.5. The van der Waals surface area contributed by atoms with E-state index in [2.05, 4.69) is 17.2 Å². The van der Waals surface area contributed by atoms with Crippen molar-refractivity contribution in [1.29, 1.82) is 0 Å². The zero-order valence-corrected chi connectivity index (χ0v) is 15.6. The third-order valence-corrected chi connectivity index (χ3v) is 4.36. The average Bonchev–Trinajstić information content (AvgIpc) is 2.67. The van der Waals surface area contributed by atoms with E-state index in [0.717, 1.165) is 23.8 Å². The fourth-order valence-corrected chi connectivity index (χ4v) is 3.07. The molecule has 0 aliphatic heterocycles. The van der Waals surface area contributed by atoms with Crippen LogP contribution < -0.4 is 20.3 Å². The first kappa shape index (κ1) is 18.5. The van der Waals surface area contributed by atoms with E-state index in [4.69, 9.17) is 9.47 Å². The van der Waals surface area contributed by atoms with Gasteiger partial charge in [-0.1, -0.05) is 19.4 Å². The van der Waals surface area contributed by atoms with Gasteiger partial charge in [0.2, 0.25) is 5.56 Å². The molecule has 0 saturated carbocycles. The number of amides is 1. The lowest BCUT2D eigenvalue weighted by Gasteiger charge is -2.12. The fourth-order valence-electron chi connectivity index (χ4n) is 3.07. The number of nitrogens with one attached hydrogen (secondary N) is 2. The Morgan fingerprint density at radius 3 is 2.59 bits per heavy atom. The van der Waals surface area contributed by atoms with E-state index in [-0.39, 0.29) is 11.5 Å². The lowest BCUT2D eigenvalue weighted by Crippen LogP contribution is -2.13. The second-order valence-corrected chi connectivity index (χ2v) is 6.19. The Balaban J connectivity index is 1.93. The van der Waals surface area contributed by atoms with Crippen molar-refractivity contribution in [2.24, 2.45) is 0 Å². The van der Waals surface area contributed by atoms with Crippen LogP contribution in [0.5, 0.6) is 11.5 Å². The van der Waals surface area contributed by atoms with Crippen LogP contribution in [-0.4, -0.2) is 25.1 Å². The molecule has 2 aromatic carbocycles. The Labute approximate surface area is 157 Å². The van der Waals surface area contributed by atoms with Crippen molar-refractivity contribution in [2.75, 3.05) is 19.5 Å². The Morgan fingerprint density at radius 2 is 1.89 bits per heavy atom. The fraction of sp³-hybridized carbons (Fsp3) is 0.238. The molecule has 0 unspecified atom stereocenters. The summed E-state index contributed by atoms with van der Waals surface area (Å²) in [7, 11) is 3.05. The normalized spacial score (nSPS) is 10.6. The van der Waals surface area contributed by atoms with Crippen molar-refractivity contribution in [3.63, 3.8) is 0 Å². The predicted molar refractivity (Wildman–Crippen MR) is 106 cm³/mol. The number of anilines is 1. The molecule has 3 rings (SSSR count). The first-order valence-corrected chi connectivity index (χ1v) is 8.75. The number of H-pyrrole nitrogens is 1. The van der Waals surface area contributed by atoms with Crippen LogP contribution in [0.25, 0.3) is 10.9 Å². The van der Waals surface area contributed by atoms with Crippen LogP contribution in [-0.2, 0) is 6.42 Å². The van der Waals surface area contributed by atoms with Gasteiger partial charge >= 0.3 is 0 Å². The van der Waals surface area contributed by atoms with Gasteiger partial charge in [0.1, 0.15) is 11.5 Å². The van der Waals surface area contributed by atoms with E-state index in [1.807, 2.05) is 12.1 Å². The molecular formula is C21H22N2O4. The van der Waals surface area contributed by atoms with Crippen LogP contribution in [0.4, 0.5) is 5.69 Å². The molecule has 1 aromatic heterocycles. The molecule has 0 bridgehead atoms. The molecule has 0 radical (unpaired) electrons. The Bertz CT molecular complexity index is 1040. The number of ether oxygens (including phenoxy) is 2. The summed E-state index contributed by atoms with van der Waals surface area (Å²) in [6, 6.07) is 12.1. The van der Waals surface area contributed by atoms with Crippen molar-refractivity contribution in [3.05, 3.63) is 63.9 Å². The van der Waals surface area contributed by atoms with Gasteiger partial charge < -0.3 is 19.8 Å². The zero-order chi connectivity index (χ0) is 19.4. The Hall–Kier alpha value is -3.28. The number of fused-ring (bicyclic) bond motifs is 1. The van der Waals surface area contributed by atoms with E-state index in [0.29, 0.717) is 28.3 Å². The van der Waals surface area contributed by atoms with Crippen molar-refractivity contribution in [1.82, 2.24) is 4.98 Å². The Morgan fingerprint density at radius 1 is 1.07 bits per heavy atom. The molecule has 6 heteroatoms. The third-order valence-electron chi connectivity index (χ3n) is 4.36. The number of rotatable bonds is 6. The van der Waals surface area contributed by atoms with E-state index < -0.39 is 0 Å². The second kappa shape index (κ2) is 7.95. The SMILES string of the molecule is CCCc1cc(=O)[nH]c2cc(NC(=O)c3ccc(OC)cc3OC)ccc12. The van der Waals surface area contributed by atoms with Crippen LogP contribution in [0, 0.1) is 0 Å². The Kier molecular flexibility index (Phi) is 5.45.